The number of fused-ring (bicyclic) bond motifs is 2. The zero-order chi connectivity index (χ0) is 36.9. The van der Waals surface area contributed by atoms with Crippen molar-refractivity contribution in [1.82, 2.24) is 16.0 Å². The molecule has 0 bridgehead atoms. The van der Waals surface area contributed by atoms with Gasteiger partial charge in [-0.1, -0.05) is 125 Å². The van der Waals surface area contributed by atoms with E-state index in [1.165, 1.54) is 0 Å². The SMILES string of the molecule is C=CC(NCC(=O)NC(CC(C)C)C(O)CC(=O)N[C@H](CO)C(C)CC)C(=O)C(Cc1cccc2ccccc12)Cc1cccc2ccccc12. The van der Waals surface area contributed by atoms with Crippen LogP contribution in [0, 0.1) is 17.8 Å². The molecule has 0 fully saturated rings. The number of amides is 2. The van der Waals surface area contributed by atoms with Crippen molar-refractivity contribution in [3.8, 4) is 0 Å². The maximum absolute atomic E-state index is 14.4. The van der Waals surface area contributed by atoms with Gasteiger partial charge < -0.3 is 20.8 Å². The Balaban J connectivity index is 1.48. The molecular formula is C43H55N3O5. The van der Waals surface area contributed by atoms with Gasteiger partial charge >= 0.3 is 0 Å². The second-order valence-electron chi connectivity index (χ2n) is 14.2. The molecule has 0 radical (unpaired) electrons. The Hall–Kier alpha value is -4.37. The van der Waals surface area contributed by atoms with E-state index in [9.17, 15) is 24.6 Å². The van der Waals surface area contributed by atoms with Gasteiger partial charge in [-0.2, -0.15) is 0 Å². The highest BCUT2D eigenvalue weighted by atomic mass is 16.3. The molecule has 0 saturated heterocycles. The fraction of sp³-hybridized carbons (Fsp3) is 0.419. The monoisotopic (exact) mass is 693 g/mol. The van der Waals surface area contributed by atoms with Crippen molar-refractivity contribution in [2.75, 3.05) is 13.2 Å². The van der Waals surface area contributed by atoms with Gasteiger partial charge in [0.2, 0.25) is 11.8 Å². The van der Waals surface area contributed by atoms with Gasteiger partial charge in [-0.3, -0.25) is 19.7 Å². The first kappa shape index (κ1) is 39.4. The van der Waals surface area contributed by atoms with Crippen molar-refractivity contribution in [2.45, 2.75) is 84.0 Å². The molecular weight excluding hydrogens is 638 g/mol. The molecule has 2 amide bonds. The summed E-state index contributed by atoms with van der Waals surface area (Å²) in [5.41, 5.74) is 2.16. The summed E-state index contributed by atoms with van der Waals surface area (Å²) in [4.78, 5) is 40.4. The first-order valence-corrected chi connectivity index (χ1v) is 18.2. The third-order valence-corrected chi connectivity index (χ3v) is 9.92. The Labute approximate surface area is 302 Å². The molecule has 0 aliphatic heterocycles. The Kier molecular flexibility index (Phi) is 14.9. The van der Waals surface area contributed by atoms with E-state index in [1.807, 2.05) is 64.1 Å². The van der Waals surface area contributed by atoms with Crippen molar-refractivity contribution in [3.63, 3.8) is 0 Å². The first-order valence-electron chi connectivity index (χ1n) is 18.2. The summed E-state index contributed by atoms with van der Waals surface area (Å²) in [6.07, 6.45) is 2.48. The molecule has 4 aromatic carbocycles. The summed E-state index contributed by atoms with van der Waals surface area (Å²) in [5.74, 6) is -1.04. The number of carbonyl (C=O) groups is 3. The van der Waals surface area contributed by atoms with E-state index in [1.54, 1.807) is 6.08 Å². The van der Waals surface area contributed by atoms with Crippen molar-refractivity contribution in [3.05, 3.63) is 109 Å². The van der Waals surface area contributed by atoms with Crippen LogP contribution in [0.3, 0.4) is 0 Å². The average molecular weight is 694 g/mol. The largest absolute Gasteiger partial charge is 0.394 e. The number of hydrogen-bond donors (Lipinski definition) is 5. The lowest BCUT2D eigenvalue weighted by Gasteiger charge is -2.28. The molecule has 8 nitrogen and oxygen atoms in total. The summed E-state index contributed by atoms with van der Waals surface area (Å²) < 4.78 is 0. The number of rotatable bonds is 20. The third kappa shape index (κ3) is 11.1. The number of carbonyl (C=O) groups excluding carboxylic acids is 3. The standard InChI is InChI=1S/C43H55N3O5/c1-6-29(5)39(27-47)46-41(49)25-40(48)38(22-28(3)4)45-42(50)26-44-37(7-2)43(51)34(23-32-18-12-16-30-14-8-10-20-35(30)32)24-33-19-13-17-31-15-9-11-21-36(31)33/h7-21,28-29,34,37-40,44,47-48H,2,6,22-27H2,1,3-5H3,(H,45,50)(H,46,49)/t29?,37?,38?,39-,40?/m1/s1. The Morgan fingerprint density at radius 3 is 1.80 bits per heavy atom. The van der Waals surface area contributed by atoms with E-state index in [0.29, 0.717) is 19.3 Å². The molecule has 5 N–H and O–H groups in total. The zero-order valence-electron chi connectivity index (χ0n) is 30.5. The highest BCUT2D eigenvalue weighted by Crippen LogP contribution is 2.27. The van der Waals surface area contributed by atoms with Crippen LogP contribution in [-0.2, 0) is 27.2 Å². The maximum Gasteiger partial charge on any atom is 0.234 e. The highest BCUT2D eigenvalue weighted by molar-refractivity contribution is 5.92. The molecule has 0 spiro atoms. The number of hydrogen-bond acceptors (Lipinski definition) is 6. The van der Waals surface area contributed by atoms with Gasteiger partial charge in [0.1, 0.15) is 0 Å². The molecule has 0 aliphatic rings. The van der Waals surface area contributed by atoms with E-state index in [0.717, 1.165) is 39.1 Å². The van der Waals surface area contributed by atoms with Crippen LogP contribution in [0.15, 0.2) is 97.6 Å². The molecule has 0 aliphatic carbocycles. The number of aliphatic hydroxyl groups is 2. The fourth-order valence-corrected chi connectivity index (χ4v) is 6.83. The van der Waals surface area contributed by atoms with Gasteiger partial charge in [-0.15, -0.1) is 6.58 Å². The highest BCUT2D eigenvalue weighted by Gasteiger charge is 2.29. The lowest BCUT2D eigenvalue weighted by Crippen LogP contribution is -2.51. The molecule has 4 unspecified atom stereocenters. The van der Waals surface area contributed by atoms with Crippen LogP contribution in [0.5, 0.6) is 0 Å². The minimum absolute atomic E-state index is 0.0613. The fourth-order valence-electron chi connectivity index (χ4n) is 6.83. The summed E-state index contributed by atoms with van der Waals surface area (Å²) in [6.45, 7) is 11.5. The predicted molar refractivity (Wildman–Crippen MR) is 206 cm³/mol. The topological polar surface area (TPSA) is 128 Å². The molecule has 8 heteroatoms. The number of ketones is 1. The van der Waals surface area contributed by atoms with Crippen LogP contribution in [0.25, 0.3) is 21.5 Å². The molecule has 4 aromatic rings. The molecule has 272 valence electrons. The quantitative estimate of drug-likeness (QED) is 0.0733. The van der Waals surface area contributed by atoms with Crippen LogP contribution in [-0.4, -0.2) is 65.2 Å². The minimum Gasteiger partial charge on any atom is -0.394 e. The molecule has 4 rings (SSSR count). The summed E-state index contributed by atoms with van der Waals surface area (Å²) >= 11 is 0. The van der Waals surface area contributed by atoms with E-state index in [2.05, 4.69) is 71.1 Å². The maximum atomic E-state index is 14.4. The summed E-state index contributed by atoms with van der Waals surface area (Å²) in [7, 11) is 0. The van der Waals surface area contributed by atoms with Gasteiger partial charge in [-0.25, -0.2) is 0 Å². The number of Topliss-reactive ketones (excluding diaryl/α,β-unsaturated/α-hetero) is 1. The van der Waals surface area contributed by atoms with Crippen molar-refractivity contribution in [2.24, 2.45) is 17.8 Å². The van der Waals surface area contributed by atoms with Crippen LogP contribution in [0.2, 0.25) is 0 Å². The van der Waals surface area contributed by atoms with E-state index < -0.39 is 36.1 Å². The minimum atomic E-state index is -1.13. The average Bonchev–Trinajstić information content (AvgIpc) is 3.13. The van der Waals surface area contributed by atoms with Crippen LogP contribution in [0.1, 0.15) is 58.1 Å². The molecule has 5 atom stereocenters. The second kappa shape index (κ2) is 19.3. The van der Waals surface area contributed by atoms with E-state index >= 15 is 0 Å². The smallest absolute Gasteiger partial charge is 0.234 e. The summed E-state index contributed by atoms with van der Waals surface area (Å²) in [6, 6.07) is 26.8. The third-order valence-electron chi connectivity index (χ3n) is 9.92. The predicted octanol–water partition coefficient (Wildman–Crippen LogP) is 5.91. The second-order valence-corrected chi connectivity index (χ2v) is 14.2. The Morgan fingerprint density at radius 2 is 1.29 bits per heavy atom. The zero-order valence-corrected chi connectivity index (χ0v) is 30.5. The van der Waals surface area contributed by atoms with Crippen molar-refractivity contribution >= 4 is 39.1 Å². The molecule has 0 heterocycles. The first-order chi connectivity index (χ1) is 24.5. The normalized spacial score (nSPS) is 14.6. The van der Waals surface area contributed by atoms with Crippen molar-refractivity contribution in [1.29, 1.82) is 0 Å². The van der Waals surface area contributed by atoms with Gasteiger partial charge in [0.15, 0.2) is 5.78 Å². The number of benzene rings is 4. The molecule has 51 heavy (non-hydrogen) atoms. The lowest BCUT2D eigenvalue weighted by atomic mass is 9.84. The van der Waals surface area contributed by atoms with Crippen LogP contribution < -0.4 is 16.0 Å². The van der Waals surface area contributed by atoms with Gasteiger partial charge in [0, 0.05) is 5.92 Å². The van der Waals surface area contributed by atoms with Crippen LogP contribution in [0.4, 0.5) is 0 Å². The Bertz CT molecular complexity index is 1680. The van der Waals surface area contributed by atoms with Gasteiger partial charge in [-0.05, 0) is 63.8 Å². The van der Waals surface area contributed by atoms with E-state index in [-0.39, 0.29) is 43.1 Å². The number of aliphatic hydroxyl groups excluding tert-OH is 2. The van der Waals surface area contributed by atoms with E-state index in [4.69, 9.17) is 0 Å². The molecule has 0 saturated carbocycles. The van der Waals surface area contributed by atoms with Gasteiger partial charge in [0.25, 0.3) is 0 Å². The Morgan fingerprint density at radius 1 is 0.765 bits per heavy atom. The van der Waals surface area contributed by atoms with Gasteiger partial charge in [0.05, 0.1) is 43.8 Å². The lowest BCUT2D eigenvalue weighted by molar-refractivity contribution is -0.127. The van der Waals surface area contributed by atoms with Crippen LogP contribution >= 0.6 is 0 Å². The summed E-state index contributed by atoms with van der Waals surface area (Å²) in [5, 5.41) is 34.0. The molecule has 0 aromatic heterocycles. The van der Waals surface area contributed by atoms with Crippen molar-refractivity contribution < 1.29 is 24.6 Å². The number of nitrogens with one attached hydrogen (secondary N) is 3.